The number of hydrogen-bond acceptors (Lipinski definition) is 3. The summed E-state index contributed by atoms with van der Waals surface area (Å²) in [5.74, 6) is 0.864. The van der Waals surface area contributed by atoms with E-state index in [1.54, 1.807) is 7.11 Å². The van der Waals surface area contributed by atoms with Crippen molar-refractivity contribution in [2.75, 3.05) is 12.4 Å². The Hall–Kier alpha value is -3.53. The molecule has 5 rings (SSSR count). The van der Waals surface area contributed by atoms with Crippen LogP contribution < -0.4 is 10.1 Å². The van der Waals surface area contributed by atoms with Crippen LogP contribution in [0, 0.1) is 0 Å². The molecule has 2 heterocycles. The number of ether oxygens (including phenoxy) is 1. The number of rotatable bonds is 4. The zero-order chi connectivity index (χ0) is 18.2. The topological polar surface area (TPSA) is 49.9 Å². The number of nitrogens with zero attached hydrogens (tertiary/aromatic N) is 1. The molecule has 0 unspecified atom stereocenters. The number of benzene rings is 3. The summed E-state index contributed by atoms with van der Waals surface area (Å²) in [5.41, 5.74) is 5.43. The Labute approximate surface area is 156 Å². The van der Waals surface area contributed by atoms with E-state index in [1.807, 2.05) is 18.2 Å². The summed E-state index contributed by atoms with van der Waals surface area (Å²) in [6, 6.07) is 22.6. The zero-order valence-electron chi connectivity index (χ0n) is 15.0. The number of H-pyrrole nitrogens is 1. The Morgan fingerprint density at radius 2 is 1.59 bits per heavy atom. The molecule has 5 aromatic rings. The molecule has 0 bridgehead atoms. The van der Waals surface area contributed by atoms with Crippen LogP contribution in [0.15, 0.2) is 72.9 Å². The van der Waals surface area contributed by atoms with Gasteiger partial charge >= 0.3 is 0 Å². The molecule has 0 fully saturated rings. The normalized spacial score (nSPS) is 11.3. The minimum Gasteiger partial charge on any atom is -0.497 e. The summed E-state index contributed by atoms with van der Waals surface area (Å²) in [6.45, 7) is 0.713. The fraction of sp³-hybridized carbons (Fsp3) is 0.0870. The van der Waals surface area contributed by atoms with Crippen molar-refractivity contribution in [1.29, 1.82) is 0 Å². The number of nitrogens with one attached hydrogen (secondary N) is 2. The van der Waals surface area contributed by atoms with Gasteiger partial charge in [-0.2, -0.15) is 0 Å². The highest BCUT2D eigenvalue weighted by atomic mass is 16.5. The van der Waals surface area contributed by atoms with Gasteiger partial charge in [-0.15, -0.1) is 0 Å². The van der Waals surface area contributed by atoms with E-state index >= 15 is 0 Å². The zero-order valence-corrected chi connectivity index (χ0v) is 15.0. The number of hydrogen-bond donors (Lipinski definition) is 2. The Balaban J connectivity index is 1.60. The van der Waals surface area contributed by atoms with Gasteiger partial charge in [-0.1, -0.05) is 36.4 Å². The van der Waals surface area contributed by atoms with Gasteiger partial charge in [-0.05, 0) is 35.9 Å². The van der Waals surface area contributed by atoms with E-state index in [2.05, 4.69) is 65.0 Å². The summed E-state index contributed by atoms with van der Waals surface area (Å²) < 4.78 is 5.38. The molecule has 0 atom stereocenters. The molecule has 0 saturated carbocycles. The molecule has 2 aromatic heterocycles. The van der Waals surface area contributed by atoms with Crippen LogP contribution in [0.3, 0.4) is 0 Å². The first-order chi connectivity index (χ1) is 13.3. The maximum Gasteiger partial charge on any atom is 0.119 e. The maximum absolute atomic E-state index is 5.38. The minimum absolute atomic E-state index is 0.713. The summed E-state index contributed by atoms with van der Waals surface area (Å²) >= 11 is 0. The average Bonchev–Trinajstić information content (AvgIpc) is 3.13. The van der Waals surface area contributed by atoms with Gasteiger partial charge in [0.2, 0.25) is 0 Å². The van der Waals surface area contributed by atoms with Crippen molar-refractivity contribution >= 4 is 38.4 Å². The largest absolute Gasteiger partial charge is 0.497 e. The lowest BCUT2D eigenvalue weighted by Gasteiger charge is -2.13. The van der Waals surface area contributed by atoms with Crippen LogP contribution in [0.2, 0.25) is 0 Å². The van der Waals surface area contributed by atoms with E-state index < -0.39 is 0 Å². The van der Waals surface area contributed by atoms with Crippen LogP contribution in [0.5, 0.6) is 5.75 Å². The second-order valence-electron chi connectivity index (χ2n) is 6.60. The van der Waals surface area contributed by atoms with E-state index in [9.17, 15) is 0 Å². The quantitative estimate of drug-likeness (QED) is 0.420. The van der Waals surface area contributed by atoms with Crippen molar-refractivity contribution in [3.8, 4) is 5.75 Å². The number of anilines is 1. The molecule has 0 spiro atoms. The first kappa shape index (κ1) is 15.7. The molecule has 3 aromatic carbocycles. The van der Waals surface area contributed by atoms with Crippen LogP contribution in [-0.4, -0.2) is 17.1 Å². The van der Waals surface area contributed by atoms with Crippen molar-refractivity contribution in [3.63, 3.8) is 0 Å². The van der Waals surface area contributed by atoms with Crippen LogP contribution in [-0.2, 0) is 6.54 Å². The van der Waals surface area contributed by atoms with Crippen LogP contribution in [0.25, 0.3) is 32.7 Å². The van der Waals surface area contributed by atoms with Gasteiger partial charge in [0.15, 0.2) is 0 Å². The lowest BCUT2D eigenvalue weighted by Crippen LogP contribution is -2.01. The minimum atomic E-state index is 0.713. The number of fused-ring (bicyclic) bond motifs is 3. The second-order valence-corrected chi connectivity index (χ2v) is 6.60. The van der Waals surface area contributed by atoms with Crippen molar-refractivity contribution in [3.05, 3.63) is 78.5 Å². The van der Waals surface area contributed by atoms with Gasteiger partial charge in [-0.3, -0.25) is 0 Å². The molecule has 0 aliphatic heterocycles. The monoisotopic (exact) mass is 353 g/mol. The van der Waals surface area contributed by atoms with Crippen molar-refractivity contribution in [2.24, 2.45) is 0 Å². The average molecular weight is 353 g/mol. The third kappa shape index (κ3) is 2.66. The van der Waals surface area contributed by atoms with Crippen LogP contribution >= 0.6 is 0 Å². The van der Waals surface area contributed by atoms with Crippen molar-refractivity contribution in [1.82, 2.24) is 9.97 Å². The predicted molar refractivity (Wildman–Crippen MR) is 111 cm³/mol. The first-order valence-electron chi connectivity index (χ1n) is 8.99. The van der Waals surface area contributed by atoms with E-state index in [-0.39, 0.29) is 0 Å². The Morgan fingerprint density at radius 1 is 0.889 bits per heavy atom. The third-order valence-electron chi connectivity index (χ3n) is 5.02. The summed E-state index contributed by atoms with van der Waals surface area (Å²) in [6.07, 6.45) is 2.06. The third-order valence-corrected chi connectivity index (χ3v) is 5.02. The molecule has 0 radical (unpaired) electrons. The molecular formula is C23H19N3O. The molecule has 0 amide bonds. The molecule has 0 aliphatic carbocycles. The van der Waals surface area contributed by atoms with E-state index in [0.29, 0.717) is 6.54 Å². The smallest absolute Gasteiger partial charge is 0.119 e. The fourth-order valence-corrected chi connectivity index (χ4v) is 3.64. The summed E-state index contributed by atoms with van der Waals surface area (Å²) in [4.78, 5) is 8.14. The molecule has 27 heavy (non-hydrogen) atoms. The van der Waals surface area contributed by atoms with Gasteiger partial charge < -0.3 is 15.0 Å². The second kappa shape index (κ2) is 6.32. The Bertz CT molecular complexity index is 1220. The standard InChI is InChI=1S/C23H19N3O/c1-27-16-10-11-20-19(12-16)15(13-24-20)14-25-23-17-6-2-4-8-21(17)26-22-9-5-3-7-18(22)23/h2-13,24H,14H2,1H3,(H,25,26). The van der Waals surface area contributed by atoms with Crippen LogP contribution in [0.1, 0.15) is 5.56 Å². The van der Waals surface area contributed by atoms with E-state index in [1.165, 1.54) is 10.9 Å². The highest BCUT2D eigenvalue weighted by Crippen LogP contribution is 2.32. The fourth-order valence-electron chi connectivity index (χ4n) is 3.64. The van der Waals surface area contributed by atoms with Crippen molar-refractivity contribution in [2.45, 2.75) is 6.54 Å². The Morgan fingerprint density at radius 3 is 2.30 bits per heavy atom. The van der Waals surface area contributed by atoms with E-state index in [0.717, 1.165) is 38.8 Å². The molecule has 4 nitrogen and oxygen atoms in total. The summed E-state index contributed by atoms with van der Waals surface area (Å²) in [7, 11) is 1.70. The number of aromatic amines is 1. The highest BCUT2D eigenvalue weighted by Gasteiger charge is 2.10. The molecule has 2 N–H and O–H groups in total. The number of aromatic nitrogens is 2. The van der Waals surface area contributed by atoms with Gasteiger partial charge in [0.1, 0.15) is 5.75 Å². The first-order valence-corrected chi connectivity index (χ1v) is 8.99. The molecule has 4 heteroatoms. The Kier molecular flexibility index (Phi) is 3.68. The number of para-hydroxylation sites is 2. The molecule has 0 saturated heterocycles. The lowest BCUT2D eigenvalue weighted by molar-refractivity contribution is 0.415. The SMILES string of the molecule is COc1ccc2[nH]cc(CNc3c4ccccc4nc4ccccc34)c2c1. The highest BCUT2D eigenvalue weighted by molar-refractivity contribution is 6.07. The number of methoxy groups -OCH3 is 1. The maximum atomic E-state index is 5.38. The molecule has 132 valence electrons. The van der Waals surface area contributed by atoms with Gasteiger partial charge in [-0.25, -0.2) is 4.98 Å². The van der Waals surface area contributed by atoms with E-state index in [4.69, 9.17) is 9.72 Å². The molecule has 0 aliphatic rings. The van der Waals surface area contributed by atoms with Gasteiger partial charge in [0.25, 0.3) is 0 Å². The molecular weight excluding hydrogens is 334 g/mol. The summed E-state index contributed by atoms with van der Waals surface area (Å²) in [5, 5.41) is 7.10. The van der Waals surface area contributed by atoms with Gasteiger partial charge in [0.05, 0.1) is 23.8 Å². The van der Waals surface area contributed by atoms with Crippen LogP contribution in [0.4, 0.5) is 5.69 Å². The lowest BCUT2D eigenvalue weighted by atomic mass is 10.1. The van der Waals surface area contributed by atoms with Crippen molar-refractivity contribution < 1.29 is 4.74 Å². The predicted octanol–water partition coefficient (Wildman–Crippen LogP) is 5.49. The number of pyridine rings is 1. The van der Waals surface area contributed by atoms with Gasteiger partial charge in [0, 0.05) is 34.4 Å².